The molecule has 37 heavy (non-hydrogen) atoms. The van der Waals surface area contributed by atoms with E-state index in [0.29, 0.717) is 24.6 Å². The maximum Gasteiger partial charge on any atom is 0.254 e. The van der Waals surface area contributed by atoms with Crippen LogP contribution in [-0.4, -0.2) is 76.7 Å². The standard InChI is InChI=1S/C23H31N5O3.C2H2O4/c1-2-30-15-13-28-21(26-20-4-3-8-24-22(20)28)16-18-5-10-27(11-6-18)12-9-25-23(29)19-7-14-31-17-19;3-1(4)2(5)6/h3-4,7-8,14,17-18H,2,5-6,9-13,15-16H2,1H3,(H,25,29);(H,3,4)(H,5,6)/p-2. The van der Waals surface area contributed by atoms with Gasteiger partial charge in [-0.1, -0.05) is 0 Å². The van der Waals surface area contributed by atoms with E-state index >= 15 is 0 Å². The zero-order valence-corrected chi connectivity index (χ0v) is 20.8. The Balaban J connectivity index is 0.000000568. The average molecular weight is 514 g/mol. The van der Waals surface area contributed by atoms with Crippen molar-refractivity contribution in [1.82, 2.24) is 24.8 Å². The van der Waals surface area contributed by atoms with Crippen molar-refractivity contribution in [2.24, 2.45) is 5.92 Å². The number of nitrogens with zero attached hydrogens (tertiary/aromatic N) is 4. The third-order valence-electron chi connectivity index (χ3n) is 6.09. The molecule has 3 aromatic rings. The number of nitrogens with one attached hydrogen (secondary N) is 1. The van der Waals surface area contributed by atoms with E-state index in [4.69, 9.17) is 33.9 Å². The molecule has 0 unspecified atom stereocenters. The predicted molar refractivity (Wildman–Crippen MR) is 128 cm³/mol. The van der Waals surface area contributed by atoms with E-state index in [1.54, 1.807) is 6.07 Å². The lowest BCUT2D eigenvalue weighted by Crippen LogP contribution is -2.42. The zero-order valence-electron chi connectivity index (χ0n) is 20.8. The third kappa shape index (κ3) is 8.40. The quantitative estimate of drug-likeness (QED) is 0.269. The van der Waals surface area contributed by atoms with Gasteiger partial charge in [-0.3, -0.25) is 4.79 Å². The fraction of sp³-hybridized carbons (Fsp3) is 0.480. The number of aliphatic carboxylic acids is 2. The van der Waals surface area contributed by atoms with E-state index in [2.05, 4.69) is 19.8 Å². The monoisotopic (exact) mass is 513 g/mol. The van der Waals surface area contributed by atoms with Crippen LogP contribution in [0.5, 0.6) is 0 Å². The van der Waals surface area contributed by atoms with Crippen LogP contribution in [0.3, 0.4) is 0 Å². The summed E-state index contributed by atoms with van der Waals surface area (Å²) in [5.41, 5.74) is 2.48. The van der Waals surface area contributed by atoms with Crippen LogP contribution in [0.1, 0.15) is 35.9 Å². The van der Waals surface area contributed by atoms with Crippen LogP contribution in [-0.2, 0) is 27.3 Å². The van der Waals surface area contributed by atoms with Gasteiger partial charge in [-0.25, -0.2) is 9.97 Å². The lowest BCUT2D eigenvalue weighted by atomic mass is 9.93. The van der Waals surface area contributed by atoms with Gasteiger partial charge >= 0.3 is 0 Å². The van der Waals surface area contributed by atoms with Gasteiger partial charge in [-0.05, 0) is 57.0 Å². The molecular formula is C25H31N5O7-2. The van der Waals surface area contributed by atoms with E-state index in [1.165, 1.54) is 12.5 Å². The van der Waals surface area contributed by atoms with Gasteiger partial charge in [0.05, 0.1) is 30.4 Å². The van der Waals surface area contributed by atoms with Crippen molar-refractivity contribution < 1.29 is 33.8 Å². The number of imidazole rings is 1. The minimum atomic E-state index is -2.19. The van der Waals surface area contributed by atoms with Crippen LogP contribution in [0.2, 0.25) is 0 Å². The van der Waals surface area contributed by atoms with Crippen LogP contribution in [0.15, 0.2) is 41.3 Å². The zero-order chi connectivity index (χ0) is 26.6. The Kier molecular flexibility index (Phi) is 10.6. The van der Waals surface area contributed by atoms with E-state index in [-0.39, 0.29) is 5.91 Å². The molecule has 0 atom stereocenters. The molecule has 1 N–H and O–H groups in total. The van der Waals surface area contributed by atoms with Gasteiger partial charge in [-0.15, -0.1) is 0 Å². The summed E-state index contributed by atoms with van der Waals surface area (Å²) >= 11 is 0. The van der Waals surface area contributed by atoms with Gasteiger partial charge in [0.1, 0.15) is 17.6 Å². The first-order valence-electron chi connectivity index (χ1n) is 12.2. The summed E-state index contributed by atoms with van der Waals surface area (Å²) in [5.74, 6) is -2.73. The first kappa shape index (κ1) is 27.8. The number of furan rings is 1. The van der Waals surface area contributed by atoms with Crippen LogP contribution >= 0.6 is 0 Å². The molecule has 4 rings (SSSR count). The summed E-state index contributed by atoms with van der Waals surface area (Å²) in [6.45, 7) is 7.80. The van der Waals surface area contributed by atoms with Crippen molar-refractivity contribution in [2.75, 3.05) is 39.4 Å². The summed E-state index contributed by atoms with van der Waals surface area (Å²) in [4.78, 5) is 41.7. The third-order valence-corrected chi connectivity index (χ3v) is 6.09. The fourth-order valence-corrected chi connectivity index (χ4v) is 4.19. The minimum absolute atomic E-state index is 0.0804. The number of ether oxygens (including phenoxy) is 1. The number of carboxylic acids is 2. The predicted octanol–water partition coefficient (Wildman–Crippen LogP) is -0.768. The van der Waals surface area contributed by atoms with Gasteiger partial charge in [0.25, 0.3) is 5.91 Å². The summed E-state index contributed by atoms with van der Waals surface area (Å²) in [6, 6.07) is 5.65. The maximum atomic E-state index is 12.0. The highest BCUT2D eigenvalue weighted by Gasteiger charge is 2.22. The maximum absolute atomic E-state index is 12.0. The van der Waals surface area contributed by atoms with Gasteiger partial charge in [0.15, 0.2) is 5.65 Å². The van der Waals surface area contributed by atoms with E-state index in [0.717, 1.165) is 69.0 Å². The number of carboxylic acid groups (broad SMARTS) is 2. The van der Waals surface area contributed by atoms with Gasteiger partial charge < -0.3 is 43.7 Å². The van der Waals surface area contributed by atoms with Crippen molar-refractivity contribution in [1.29, 1.82) is 0 Å². The second-order valence-electron chi connectivity index (χ2n) is 8.55. The van der Waals surface area contributed by atoms with Crippen LogP contribution in [0.25, 0.3) is 11.2 Å². The molecule has 3 aromatic heterocycles. The van der Waals surface area contributed by atoms with Crippen LogP contribution < -0.4 is 15.5 Å². The molecule has 1 aliphatic heterocycles. The van der Waals surface area contributed by atoms with Crippen molar-refractivity contribution in [3.63, 3.8) is 0 Å². The Morgan fingerprint density at radius 3 is 2.57 bits per heavy atom. The number of hydrogen-bond acceptors (Lipinski definition) is 10. The smallest absolute Gasteiger partial charge is 0.254 e. The van der Waals surface area contributed by atoms with Gasteiger partial charge in [-0.2, -0.15) is 0 Å². The molecule has 12 nitrogen and oxygen atoms in total. The second-order valence-corrected chi connectivity index (χ2v) is 8.55. The van der Waals surface area contributed by atoms with Crippen molar-refractivity contribution >= 4 is 29.0 Å². The normalized spacial score (nSPS) is 14.2. The first-order valence-corrected chi connectivity index (χ1v) is 12.2. The largest absolute Gasteiger partial charge is 0.543 e. The second kappa shape index (κ2) is 14.1. The molecule has 0 aromatic carbocycles. The number of rotatable bonds is 10. The number of amides is 1. The molecule has 1 fully saturated rings. The SMILES string of the molecule is CCOCCn1c(CC2CCN(CCNC(=O)c3ccoc3)CC2)nc2cccnc21.O=C([O-])C(=O)[O-]. The van der Waals surface area contributed by atoms with E-state index in [1.807, 2.05) is 25.3 Å². The van der Waals surface area contributed by atoms with E-state index in [9.17, 15) is 4.79 Å². The number of carbonyl (C=O) groups is 3. The average Bonchev–Trinajstić information content (AvgIpc) is 3.54. The molecule has 1 amide bonds. The highest BCUT2D eigenvalue weighted by molar-refractivity contribution is 6.25. The number of aromatic nitrogens is 3. The minimum Gasteiger partial charge on any atom is -0.543 e. The van der Waals surface area contributed by atoms with Crippen LogP contribution in [0.4, 0.5) is 0 Å². The molecule has 0 saturated carbocycles. The topological polar surface area (TPSA) is 166 Å². The van der Waals surface area contributed by atoms with Gasteiger partial charge in [0.2, 0.25) is 0 Å². The fourth-order valence-electron chi connectivity index (χ4n) is 4.19. The number of carbonyl (C=O) groups excluding carboxylic acids is 3. The molecule has 0 bridgehead atoms. The highest BCUT2D eigenvalue weighted by atomic mass is 16.5. The first-order chi connectivity index (χ1) is 17.9. The van der Waals surface area contributed by atoms with Crippen LogP contribution in [0, 0.1) is 5.92 Å². The Hall–Kier alpha value is -3.77. The van der Waals surface area contributed by atoms with Crippen molar-refractivity contribution in [3.8, 4) is 0 Å². The molecule has 0 aliphatic carbocycles. The summed E-state index contributed by atoms with van der Waals surface area (Å²) < 4.78 is 12.8. The summed E-state index contributed by atoms with van der Waals surface area (Å²) in [6.07, 6.45) is 8.05. The molecule has 1 aliphatic rings. The number of fused-ring (bicyclic) bond motifs is 1. The van der Waals surface area contributed by atoms with Crippen molar-refractivity contribution in [3.05, 3.63) is 48.3 Å². The van der Waals surface area contributed by atoms with Crippen molar-refractivity contribution in [2.45, 2.75) is 32.7 Å². The Labute approximate surface area is 214 Å². The number of pyridine rings is 1. The Morgan fingerprint density at radius 1 is 1.16 bits per heavy atom. The summed E-state index contributed by atoms with van der Waals surface area (Å²) in [5, 5.41) is 20.8. The number of piperidine rings is 1. The molecule has 4 heterocycles. The number of likely N-dealkylation sites (tertiary alicyclic amines) is 1. The lowest BCUT2D eigenvalue weighted by molar-refractivity contribution is -0.345. The Bertz CT molecular complexity index is 1140. The summed E-state index contributed by atoms with van der Waals surface area (Å²) in [7, 11) is 0. The molecule has 1 saturated heterocycles. The van der Waals surface area contributed by atoms with E-state index < -0.39 is 11.9 Å². The van der Waals surface area contributed by atoms with Gasteiger partial charge in [0, 0.05) is 38.9 Å². The molecule has 200 valence electrons. The number of hydrogen-bond donors (Lipinski definition) is 1. The Morgan fingerprint density at radius 2 is 1.92 bits per heavy atom. The molecule has 0 spiro atoms. The molecular weight excluding hydrogens is 482 g/mol. The lowest BCUT2D eigenvalue weighted by Gasteiger charge is -2.31. The molecule has 12 heteroatoms. The highest BCUT2D eigenvalue weighted by Crippen LogP contribution is 2.23. The molecule has 0 radical (unpaired) electrons.